The number of hydrogen-bond acceptors (Lipinski definition) is 6. The molecule has 11 heteroatoms. The van der Waals surface area contributed by atoms with Gasteiger partial charge in [-0.05, 0) is 47.3 Å². The van der Waals surface area contributed by atoms with E-state index in [1.54, 1.807) is 24.5 Å². The molecule has 5 aromatic rings. The molecule has 0 bridgehead atoms. The number of nitrogens with zero attached hydrogens (tertiary/aromatic N) is 3. The molecule has 0 aliphatic carbocycles. The van der Waals surface area contributed by atoms with Crippen molar-refractivity contribution in [3.63, 3.8) is 0 Å². The molecule has 0 fully saturated rings. The van der Waals surface area contributed by atoms with Gasteiger partial charge in [-0.15, -0.1) is 0 Å². The van der Waals surface area contributed by atoms with Crippen molar-refractivity contribution >= 4 is 43.9 Å². The number of aromatic nitrogens is 2. The van der Waals surface area contributed by atoms with Crippen LogP contribution in [-0.4, -0.2) is 25.7 Å². The number of benzene rings is 3. The minimum Gasteiger partial charge on any atom is -0.495 e. The van der Waals surface area contributed by atoms with Gasteiger partial charge in [-0.25, -0.2) is 21.5 Å². The average molecular weight is 528 g/mol. The Bertz CT molecular complexity index is 1700. The van der Waals surface area contributed by atoms with Crippen LogP contribution in [-0.2, 0) is 10.0 Å². The van der Waals surface area contributed by atoms with Crippen molar-refractivity contribution in [3.8, 4) is 16.9 Å². The molecule has 2 heterocycles. The maximum atomic E-state index is 15.4. The van der Waals surface area contributed by atoms with Gasteiger partial charge in [0.15, 0.2) is 5.82 Å². The van der Waals surface area contributed by atoms with E-state index in [0.717, 1.165) is 21.8 Å². The standard InChI is InChI=1S/C25H16ClF2N3O4S/c1-34-24-12-19(16-3-5-20(26)22(28)11-16)21(27)13-23(24)31(25-7-9-35-30-25)36(32,33)18-4-2-17-14-29-8-6-15(17)10-18/h2-14H,1H3. The van der Waals surface area contributed by atoms with Crippen LogP contribution in [0.15, 0.2) is 88.7 Å². The van der Waals surface area contributed by atoms with Gasteiger partial charge in [-0.1, -0.05) is 28.9 Å². The Labute approximate surface area is 209 Å². The quantitative estimate of drug-likeness (QED) is 0.255. The number of rotatable bonds is 6. The first-order valence-corrected chi connectivity index (χ1v) is 12.2. The van der Waals surface area contributed by atoms with Gasteiger partial charge < -0.3 is 9.26 Å². The van der Waals surface area contributed by atoms with Crippen molar-refractivity contribution in [3.05, 3.63) is 96.0 Å². The highest BCUT2D eigenvalue weighted by Crippen LogP contribution is 2.42. The minimum absolute atomic E-state index is 0.00155. The van der Waals surface area contributed by atoms with Crippen LogP contribution < -0.4 is 9.04 Å². The Morgan fingerprint density at radius 3 is 2.53 bits per heavy atom. The van der Waals surface area contributed by atoms with Crippen LogP contribution in [0.25, 0.3) is 21.9 Å². The second-order valence-electron chi connectivity index (χ2n) is 7.64. The van der Waals surface area contributed by atoms with Crippen LogP contribution in [0.4, 0.5) is 20.3 Å². The molecule has 0 radical (unpaired) electrons. The molecule has 36 heavy (non-hydrogen) atoms. The van der Waals surface area contributed by atoms with E-state index < -0.39 is 21.7 Å². The van der Waals surface area contributed by atoms with E-state index in [9.17, 15) is 12.8 Å². The predicted molar refractivity (Wildman–Crippen MR) is 131 cm³/mol. The lowest BCUT2D eigenvalue weighted by atomic mass is 10.0. The first-order chi connectivity index (χ1) is 17.3. The van der Waals surface area contributed by atoms with Crippen molar-refractivity contribution in [1.82, 2.24) is 10.1 Å². The Morgan fingerprint density at radius 1 is 0.972 bits per heavy atom. The molecule has 0 saturated heterocycles. The fraction of sp³-hybridized carbons (Fsp3) is 0.0400. The van der Waals surface area contributed by atoms with Gasteiger partial charge in [0.25, 0.3) is 10.0 Å². The zero-order chi connectivity index (χ0) is 25.4. The van der Waals surface area contributed by atoms with Crippen molar-refractivity contribution in [2.24, 2.45) is 0 Å². The average Bonchev–Trinajstić information content (AvgIpc) is 3.40. The fourth-order valence-electron chi connectivity index (χ4n) is 3.76. The molecule has 0 saturated carbocycles. The van der Waals surface area contributed by atoms with Crippen LogP contribution in [0.3, 0.4) is 0 Å². The van der Waals surface area contributed by atoms with E-state index in [2.05, 4.69) is 10.1 Å². The summed E-state index contributed by atoms with van der Waals surface area (Å²) in [7, 11) is -3.04. The monoisotopic (exact) mass is 527 g/mol. The number of methoxy groups -OCH3 is 1. The summed E-state index contributed by atoms with van der Waals surface area (Å²) >= 11 is 5.75. The molecule has 5 rings (SSSR count). The highest BCUT2D eigenvalue weighted by Gasteiger charge is 2.32. The molecule has 0 spiro atoms. The van der Waals surface area contributed by atoms with Crippen molar-refractivity contribution in [1.29, 1.82) is 0 Å². The van der Waals surface area contributed by atoms with E-state index in [0.29, 0.717) is 5.39 Å². The Hall–Kier alpha value is -4.02. The summed E-state index contributed by atoms with van der Waals surface area (Å²) in [6.07, 6.45) is 4.35. The maximum absolute atomic E-state index is 15.4. The Kier molecular flexibility index (Phi) is 6.07. The molecule has 0 aliphatic rings. The molecule has 7 nitrogen and oxygen atoms in total. The van der Waals surface area contributed by atoms with Crippen LogP contribution >= 0.6 is 11.6 Å². The van der Waals surface area contributed by atoms with Gasteiger partial charge in [0.05, 0.1) is 17.0 Å². The molecule has 182 valence electrons. The normalized spacial score (nSPS) is 11.6. The first kappa shape index (κ1) is 23.7. The molecule has 0 unspecified atom stereocenters. The van der Waals surface area contributed by atoms with Gasteiger partial charge in [0.2, 0.25) is 0 Å². The lowest BCUT2D eigenvalue weighted by Gasteiger charge is -2.24. The summed E-state index contributed by atoms with van der Waals surface area (Å²) in [5.74, 6) is -1.66. The number of ether oxygens (including phenoxy) is 1. The second-order valence-corrected chi connectivity index (χ2v) is 9.84. The topological polar surface area (TPSA) is 85.5 Å². The molecular weight excluding hydrogens is 512 g/mol. The van der Waals surface area contributed by atoms with E-state index in [1.165, 1.54) is 49.8 Å². The molecular formula is C25H16ClF2N3O4S. The Balaban J connectivity index is 1.70. The van der Waals surface area contributed by atoms with E-state index >= 15 is 4.39 Å². The van der Waals surface area contributed by atoms with Crippen molar-refractivity contribution < 1.29 is 26.5 Å². The smallest absolute Gasteiger partial charge is 0.270 e. The highest BCUT2D eigenvalue weighted by molar-refractivity contribution is 7.93. The second kappa shape index (κ2) is 9.21. The lowest BCUT2D eigenvalue weighted by molar-refractivity contribution is 0.413. The predicted octanol–water partition coefficient (Wildman–Crippen LogP) is 6.36. The molecule has 0 amide bonds. The zero-order valence-corrected chi connectivity index (χ0v) is 20.1. The van der Waals surface area contributed by atoms with Crippen molar-refractivity contribution in [2.75, 3.05) is 11.4 Å². The fourth-order valence-corrected chi connectivity index (χ4v) is 5.35. The SMILES string of the molecule is COc1cc(-c2ccc(Cl)c(F)c2)c(F)cc1N(c1ccon1)S(=O)(=O)c1ccc2cnccc2c1. The third-order valence-electron chi connectivity index (χ3n) is 5.50. The summed E-state index contributed by atoms with van der Waals surface area (Å²) in [4.78, 5) is 3.96. The zero-order valence-electron chi connectivity index (χ0n) is 18.5. The summed E-state index contributed by atoms with van der Waals surface area (Å²) in [6, 6.07) is 13.6. The lowest BCUT2D eigenvalue weighted by Crippen LogP contribution is -2.27. The van der Waals surface area contributed by atoms with E-state index in [1.807, 2.05) is 0 Å². The van der Waals surface area contributed by atoms with Gasteiger partial charge in [0, 0.05) is 35.5 Å². The van der Waals surface area contributed by atoms with Crippen molar-refractivity contribution in [2.45, 2.75) is 4.90 Å². The molecule has 3 aromatic carbocycles. The number of fused-ring (bicyclic) bond motifs is 1. The number of sulfonamides is 1. The number of halogens is 3. The summed E-state index contributed by atoms with van der Waals surface area (Å²) in [5.41, 5.74) is 0.0250. The number of pyridine rings is 1. The van der Waals surface area contributed by atoms with Gasteiger partial charge in [-0.3, -0.25) is 4.98 Å². The maximum Gasteiger partial charge on any atom is 0.270 e. The Morgan fingerprint density at radius 2 is 1.81 bits per heavy atom. The van der Waals surface area contributed by atoms with Gasteiger partial charge in [0.1, 0.15) is 29.3 Å². The molecule has 2 aromatic heterocycles. The molecule has 0 N–H and O–H groups in total. The van der Waals surface area contributed by atoms with E-state index in [4.69, 9.17) is 20.9 Å². The van der Waals surface area contributed by atoms with Gasteiger partial charge >= 0.3 is 0 Å². The largest absolute Gasteiger partial charge is 0.495 e. The number of hydrogen-bond donors (Lipinski definition) is 0. The van der Waals surface area contributed by atoms with Crippen LogP contribution in [0, 0.1) is 11.6 Å². The first-order valence-electron chi connectivity index (χ1n) is 10.4. The van der Waals surface area contributed by atoms with Gasteiger partial charge in [-0.2, -0.15) is 0 Å². The van der Waals surface area contributed by atoms with Crippen LogP contribution in [0.5, 0.6) is 5.75 Å². The van der Waals surface area contributed by atoms with E-state index in [-0.39, 0.29) is 38.3 Å². The summed E-state index contributed by atoms with van der Waals surface area (Å²) in [6.45, 7) is 0. The minimum atomic E-state index is -4.34. The van der Waals surface area contributed by atoms with Crippen LogP contribution in [0.1, 0.15) is 0 Å². The summed E-state index contributed by atoms with van der Waals surface area (Å²) < 4.78 is 68.3. The molecule has 0 atom stereocenters. The van der Waals surface area contributed by atoms with Crippen LogP contribution in [0.2, 0.25) is 5.02 Å². The molecule has 0 aliphatic heterocycles. The third-order valence-corrected chi connectivity index (χ3v) is 7.52. The third kappa shape index (κ3) is 4.14. The summed E-state index contributed by atoms with van der Waals surface area (Å²) in [5, 5.41) is 5.05. The number of anilines is 2. The highest BCUT2D eigenvalue weighted by atomic mass is 35.5.